The molecule has 2 heterocycles. The van der Waals surface area contributed by atoms with Gasteiger partial charge in [0.15, 0.2) is 0 Å². The molecule has 1 saturated heterocycles. The van der Waals surface area contributed by atoms with Gasteiger partial charge in [0.1, 0.15) is 6.61 Å². The molecule has 2 rings (SSSR count). The summed E-state index contributed by atoms with van der Waals surface area (Å²) in [6.45, 7) is 7.46. The second-order valence-electron chi connectivity index (χ2n) is 5.94. The zero-order chi connectivity index (χ0) is 15.1. The van der Waals surface area contributed by atoms with E-state index in [2.05, 4.69) is 24.1 Å². The fraction of sp³-hybridized carbons (Fsp3) is 0.688. The summed E-state index contributed by atoms with van der Waals surface area (Å²) in [5.74, 6) is 1.24. The van der Waals surface area contributed by atoms with E-state index in [4.69, 9.17) is 21.1 Å². The predicted molar refractivity (Wildman–Crippen MR) is 84.9 cm³/mol. The van der Waals surface area contributed by atoms with Crippen molar-refractivity contribution in [3.63, 3.8) is 0 Å². The van der Waals surface area contributed by atoms with Crippen LogP contribution in [-0.4, -0.2) is 30.8 Å². The molecule has 1 fully saturated rings. The maximum Gasteiger partial charge on any atom is 0.213 e. The number of nitrogens with zero attached hydrogens (tertiary/aromatic N) is 1. The molecular formula is C16H25ClN2O2. The number of aromatic nitrogens is 1. The molecule has 1 aliphatic rings. The van der Waals surface area contributed by atoms with Gasteiger partial charge in [-0.05, 0) is 37.3 Å². The van der Waals surface area contributed by atoms with Crippen molar-refractivity contribution in [1.82, 2.24) is 10.3 Å². The van der Waals surface area contributed by atoms with E-state index in [0.29, 0.717) is 23.4 Å². The molecule has 1 atom stereocenters. The maximum absolute atomic E-state index is 6.18. The first-order valence-electron chi connectivity index (χ1n) is 7.74. The summed E-state index contributed by atoms with van der Waals surface area (Å²) >= 11 is 6.18. The highest BCUT2D eigenvalue weighted by molar-refractivity contribution is 6.31. The number of nitrogens with one attached hydrogen (secondary N) is 1. The molecule has 0 aromatic carbocycles. The van der Waals surface area contributed by atoms with Crippen LogP contribution in [0.3, 0.4) is 0 Å². The summed E-state index contributed by atoms with van der Waals surface area (Å²) in [6.07, 6.45) is 5.29. The van der Waals surface area contributed by atoms with E-state index in [1.165, 1.54) is 6.42 Å². The summed E-state index contributed by atoms with van der Waals surface area (Å²) in [5.41, 5.74) is 1.02. The van der Waals surface area contributed by atoms with E-state index in [1.54, 1.807) is 6.20 Å². The first-order valence-corrected chi connectivity index (χ1v) is 8.12. The van der Waals surface area contributed by atoms with Crippen LogP contribution in [0.4, 0.5) is 0 Å². The minimum atomic E-state index is 0.193. The van der Waals surface area contributed by atoms with Crippen LogP contribution in [0.2, 0.25) is 5.02 Å². The van der Waals surface area contributed by atoms with Crippen molar-refractivity contribution in [2.45, 2.75) is 45.8 Å². The number of halogens is 1. The molecule has 1 aromatic heterocycles. The predicted octanol–water partition coefficient (Wildman–Crippen LogP) is 3.43. The first-order chi connectivity index (χ1) is 10.1. The Morgan fingerprint density at radius 1 is 1.48 bits per heavy atom. The second-order valence-corrected chi connectivity index (χ2v) is 6.35. The van der Waals surface area contributed by atoms with Gasteiger partial charge in [-0.1, -0.05) is 25.4 Å². The van der Waals surface area contributed by atoms with Crippen molar-refractivity contribution in [2.24, 2.45) is 5.92 Å². The highest BCUT2D eigenvalue weighted by Gasteiger charge is 2.15. The van der Waals surface area contributed by atoms with Crippen molar-refractivity contribution >= 4 is 11.6 Å². The van der Waals surface area contributed by atoms with Crippen molar-refractivity contribution in [3.8, 4) is 5.88 Å². The Labute approximate surface area is 132 Å². The van der Waals surface area contributed by atoms with Crippen molar-refractivity contribution < 1.29 is 9.47 Å². The Bertz CT molecular complexity index is 434. The lowest BCUT2D eigenvalue weighted by atomic mass is 10.1. The fourth-order valence-corrected chi connectivity index (χ4v) is 2.46. The summed E-state index contributed by atoms with van der Waals surface area (Å²) in [4.78, 5) is 4.23. The SMILES string of the molecule is CC(C)CNCc1cc(OCC2CCCCO2)ncc1Cl. The largest absolute Gasteiger partial charge is 0.475 e. The third kappa shape index (κ3) is 5.81. The van der Waals surface area contributed by atoms with Gasteiger partial charge >= 0.3 is 0 Å². The van der Waals surface area contributed by atoms with Gasteiger partial charge in [0.05, 0.1) is 11.1 Å². The number of hydrogen-bond acceptors (Lipinski definition) is 4. The molecule has 0 bridgehead atoms. The molecule has 0 saturated carbocycles. The number of ether oxygens (including phenoxy) is 2. The van der Waals surface area contributed by atoms with E-state index in [9.17, 15) is 0 Å². The highest BCUT2D eigenvalue weighted by atomic mass is 35.5. The van der Waals surface area contributed by atoms with E-state index < -0.39 is 0 Å². The lowest BCUT2D eigenvalue weighted by molar-refractivity contribution is -0.0119. The Hall–Kier alpha value is -0.840. The molecule has 5 heteroatoms. The van der Waals surface area contributed by atoms with Crippen LogP contribution in [-0.2, 0) is 11.3 Å². The Morgan fingerprint density at radius 2 is 2.33 bits per heavy atom. The maximum atomic E-state index is 6.18. The molecular weight excluding hydrogens is 288 g/mol. The zero-order valence-corrected chi connectivity index (χ0v) is 13.7. The minimum absolute atomic E-state index is 0.193. The van der Waals surface area contributed by atoms with Gasteiger partial charge < -0.3 is 14.8 Å². The smallest absolute Gasteiger partial charge is 0.213 e. The number of rotatable bonds is 7. The van der Waals surface area contributed by atoms with Gasteiger partial charge in [0.25, 0.3) is 0 Å². The zero-order valence-electron chi connectivity index (χ0n) is 12.9. The van der Waals surface area contributed by atoms with E-state index in [1.807, 2.05) is 6.07 Å². The van der Waals surface area contributed by atoms with Crippen LogP contribution in [0.25, 0.3) is 0 Å². The van der Waals surface area contributed by atoms with Gasteiger partial charge in [-0.3, -0.25) is 0 Å². The third-order valence-electron chi connectivity index (χ3n) is 3.47. The first kappa shape index (κ1) is 16.5. The van der Waals surface area contributed by atoms with Gasteiger partial charge in [-0.2, -0.15) is 0 Å². The van der Waals surface area contributed by atoms with Gasteiger partial charge in [-0.25, -0.2) is 4.98 Å². The van der Waals surface area contributed by atoms with Gasteiger partial charge in [-0.15, -0.1) is 0 Å². The average molecular weight is 313 g/mol. The molecule has 21 heavy (non-hydrogen) atoms. The minimum Gasteiger partial charge on any atom is -0.475 e. The van der Waals surface area contributed by atoms with Crippen molar-refractivity contribution in [2.75, 3.05) is 19.8 Å². The summed E-state index contributed by atoms with van der Waals surface area (Å²) < 4.78 is 11.4. The van der Waals surface area contributed by atoms with E-state index in [-0.39, 0.29) is 6.10 Å². The number of hydrogen-bond donors (Lipinski definition) is 1. The topological polar surface area (TPSA) is 43.4 Å². The standard InChI is InChI=1S/C16H25ClN2O2/c1-12(2)8-18-9-13-7-16(19-10-15(13)17)21-11-14-5-3-4-6-20-14/h7,10,12,14,18H,3-6,8-9,11H2,1-2H3. The Kier molecular flexibility index (Phi) is 6.74. The average Bonchev–Trinajstić information content (AvgIpc) is 2.48. The summed E-state index contributed by atoms with van der Waals surface area (Å²) in [6, 6.07) is 1.92. The van der Waals surface area contributed by atoms with Crippen LogP contribution in [0.1, 0.15) is 38.7 Å². The Morgan fingerprint density at radius 3 is 3.05 bits per heavy atom. The van der Waals surface area contributed by atoms with Crippen molar-refractivity contribution in [3.05, 3.63) is 22.8 Å². The van der Waals surface area contributed by atoms with E-state index in [0.717, 1.165) is 38.1 Å². The molecule has 118 valence electrons. The fourth-order valence-electron chi connectivity index (χ4n) is 2.29. The number of pyridine rings is 1. The second kappa shape index (κ2) is 8.57. The van der Waals surface area contributed by atoms with Gasteiger partial charge in [0.2, 0.25) is 5.88 Å². The Balaban J connectivity index is 1.84. The van der Waals surface area contributed by atoms with Crippen LogP contribution in [0.5, 0.6) is 5.88 Å². The molecule has 1 aliphatic heterocycles. The molecule has 1 N–H and O–H groups in total. The quantitative estimate of drug-likeness (QED) is 0.837. The van der Waals surface area contributed by atoms with Crippen LogP contribution >= 0.6 is 11.6 Å². The van der Waals surface area contributed by atoms with Gasteiger partial charge in [0, 0.05) is 25.4 Å². The molecule has 0 aliphatic carbocycles. The van der Waals surface area contributed by atoms with Crippen LogP contribution < -0.4 is 10.1 Å². The summed E-state index contributed by atoms with van der Waals surface area (Å²) in [5, 5.41) is 4.06. The van der Waals surface area contributed by atoms with Crippen LogP contribution in [0.15, 0.2) is 12.3 Å². The molecule has 4 nitrogen and oxygen atoms in total. The monoisotopic (exact) mass is 312 g/mol. The summed E-state index contributed by atoms with van der Waals surface area (Å²) in [7, 11) is 0. The lowest BCUT2D eigenvalue weighted by Gasteiger charge is -2.22. The molecule has 1 unspecified atom stereocenters. The van der Waals surface area contributed by atoms with Crippen molar-refractivity contribution in [1.29, 1.82) is 0 Å². The molecule has 1 aromatic rings. The molecule has 0 amide bonds. The van der Waals surface area contributed by atoms with E-state index >= 15 is 0 Å². The normalized spacial score (nSPS) is 19.0. The lowest BCUT2D eigenvalue weighted by Crippen LogP contribution is -2.26. The molecule has 0 spiro atoms. The molecule has 0 radical (unpaired) electrons. The third-order valence-corrected chi connectivity index (χ3v) is 3.81. The highest BCUT2D eigenvalue weighted by Crippen LogP contribution is 2.20. The van der Waals surface area contributed by atoms with Crippen LogP contribution in [0, 0.1) is 5.92 Å².